The number of hydrogen-bond acceptors (Lipinski definition) is 6. The number of benzene rings is 1. The Morgan fingerprint density at radius 3 is 2.72 bits per heavy atom. The van der Waals surface area contributed by atoms with Crippen LogP contribution in [0.1, 0.15) is 25.2 Å². The van der Waals surface area contributed by atoms with E-state index in [1.165, 1.54) is 0 Å². The van der Waals surface area contributed by atoms with Crippen LogP contribution >= 0.6 is 0 Å². The van der Waals surface area contributed by atoms with Crippen molar-refractivity contribution in [3.63, 3.8) is 0 Å². The molecule has 0 saturated carbocycles. The molecule has 25 heavy (non-hydrogen) atoms. The molecule has 1 aliphatic heterocycles. The number of nitrogens with zero attached hydrogens (tertiary/aromatic N) is 3. The molecule has 134 valence electrons. The highest BCUT2D eigenvalue weighted by molar-refractivity contribution is 5.76. The lowest BCUT2D eigenvalue weighted by molar-refractivity contribution is -0.132. The molecule has 1 amide bonds. The molecule has 1 N–H and O–H groups in total. The lowest BCUT2D eigenvalue weighted by Gasteiger charge is -2.31. The summed E-state index contributed by atoms with van der Waals surface area (Å²) in [5.41, 5.74) is 0.856. The molecule has 0 spiro atoms. The zero-order chi connectivity index (χ0) is 17.6. The third-order valence-electron chi connectivity index (χ3n) is 4.62. The minimum Gasteiger partial charge on any atom is -0.497 e. The molecule has 0 atom stereocenters. The van der Waals surface area contributed by atoms with Crippen molar-refractivity contribution in [2.45, 2.75) is 31.7 Å². The third-order valence-corrected chi connectivity index (χ3v) is 4.62. The zero-order valence-electron chi connectivity index (χ0n) is 14.7. The van der Waals surface area contributed by atoms with Gasteiger partial charge < -0.3 is 19.5 Å². The maximum Gasteiger partial charge on any atom is 0.227 e. The fourth-order valence-corrected chi connectivity index (χ4v) is 3.00. The van der Waals surface area contributed by atoms with Gasteiger partial charge in [-0.1, -0.05) is 5.16 Å². The molecule has 3 rings (SSSR count). The first kappa shape index (κ1) is 17.4. The van der Waals surface area contributed by atoms with Crippen LogP contribution in [0.15, 0.2) is 28.8 Å². The van der Waals surface area contributed by atoms with Gasteiger partial charge in [0.15, 0.2) is 0 Å². The van der Waals surface area contributed by atoms with Crippen molar-refractivity contribution in [2.24, 2.45) is 0 Å². The van der Waals surface area contributed by atoms with Gasteiger partial charge >= 0.3 is 0 Å². The van der Waals surface area contributed by atoms with E-state index in [1.54, 1.807) is 7.11 Å². The Morgan fingerprint density at radius 1 is 1.32 bits per heavy atom. The molecule has 7 heteroatoms. The Labute approximate surface area is 147 Å². The zero-order valence-corrected chi connectivity index (χ0v) is 14.7. The van der Waals surface area contributed by atoms with Gasteiger partial charge in [-0.3, -0.25) is 4.79 Å². The summed E-state index contributed by atoms with van der Waals surface area (Å²) in [6, 6.07) is 7.78. The Bertz CT molecular complexity index is 693. The van der Waals surface area contributed by atoms with Crippen LogP contribution in [0.4, 0.5) is 0 Å². The quantitative estimate of drug-likeness (QED) is 0.862. The number of rotatable bonds is 6. The molecule has 1 aromatic carbocycles. The SMILES string of the molecule is COc1ccc(-c2noc(CCC(=O)N(C)C3CCNCC3)n2)cc1. The van der Waals surface area contributed by atoms with Crippen LogP contribution in [-0.2, 0) is 11.2 Å². The van der Waals surface area contributed by atoms with E-state index < -0.39 is 0 Å². The summed E-state index contributed by atoms with van der Waals surface area (Å²) in [6.45, 7) is 1.94. The average molecular weight is 344 g/mol. The van der Waals surface area contributed by atoms with Crippen molar-refractivity contribution in [1.29, 1.82) is 0 Å². The molecule has 0 radical (unpaired) electrons. The summed E-state index contributed by atoms with van der Waals surface area (Å²) in [6.07, 6.45) is 2.84. The van der Waals surface area contributed by atoms with Gasteiger partial charge in [0.25, 0.3) is 0 Å². The van der Waals surface area contributed by atoms with Gasteiger partial charge in [-0.05, 0) is 50.2 Å². The number of piperidine rings is 1. The highest BCUT2D eigenvalue weighted by Gasteiger charge is 2.22. The molecule has 0 aliphatic carbocycles. The van der Waals surface area contributed by atoms with Crippen LogP contribution in [0.25, 0.3) is 11.4 Å². The summed E-state index contributed by atoms with van der Waals surface area (Å²) in [7, 11) is 3.51. The topological polar surface area (TPSA) is 80.5 Å². The maximum atomic E-state index is 12.4. The second-order valence-corrected chi connectivity index (χ2v) is 6.23. The number of aromatic nitrogens is 2. The van der Waals surface area contributed by atoms with E-state index in [0.29, 0.717) is 30.6 Å². The summed E-state index contributed by atoms with van der Waals surface area (Å²) >= 11 is 0. The number of nitrogens with one attached hydrogen (secondary N) is 1. The summed E-state index contributed by atoms with van der Waals surface area (Å²) in [5.74, 6) is 1.91. The van der Waals surface area contributed by atoms with E-state index in [1.807, 2.05) is 36.2 Å². The molecule has 1 saturated heterocycles. The van der Waals surface area contributed by atoms with Crippen molar-refractivity contribution < 1.29 is 14.1 Å². The summed E-state index contributed by atoms with van der Waals surface area (Å²) in [5, 5.41) is 7.31. The van der Waals surface area contributed by atoms with E-state index in [-0.39, 0.29) is 5.91 Å². The standard InChI is InChI=1S/C18H24N4O3/c1-22(14-9-11-19-12-10-14)17(23)8-7-16-20-18(21-25-16)13-3-5-15(24-2)6-4-13/h3-6,14,19H,7-12H2,1-2H3. The smallest absolute Gasteiger partial charge is 0.227 e. The van der Waals surface area contributed by atoms with Crippen molar-refractivity contribution >= 4 is 5.91 Å². The first-order valence-corrected chi connectivity index (χ1v) is 8.61. The van der Waals surface area contributed by atoms with E-state index in [4.69, 9.17) is 9.26 Å². The molecule has 2 aromatic rings. The van der Waals surface area contributed by atoms with Crippen molar-refractivity contribution in [3.05, 3.63) is 30.2 Å². The van der Waals surface area contributed by atoms with E-state index in [9.17, 15) is 4.79 Å². The van der Waals surface area contributed by atoms with Crippen LogP contribution in [0.5, 0.6) is 5.75 Å². The van der Waals surface area contributed by atoms with Gasteiger partial charge in [0.1, 0.15) is 5.75 Å². The molecule has 0 unspecified atom stereocenters. The van der Waals surface area contributed by atoms with Crippen molar-refractivity contribution in [3.8, 4) is 17.1 Å². The van der Waals surface area contributed by atoms with Crippen molar-refractivity contribution in [1.82, 2.24) is 20.4 Å². The van der Waals surface area contributed by atoms with Gasteiger partial charge in [0.05, 0.1) is 7.11 Å². The number of carbonyl (C=O) groups excluding carboxylic acids is 1. The van der Waals surface area contributed by atoms with Crippen LogP contribution in [0, 0.1) is 0 Å². The first-order chi connectivity index (χ1) is 12.2. The van der Waals surface area contributed by atoms with Gasteiger partial charge in [0.2, 0.25) is 17.6 Å². The van der Waals surface area contributed by atoms with Gasteiger partial charge in [-0.2, -0.15) is 4.98 Å². The molecular formula is C18H24N4O3. The minimum absolute atomic E-state index is 0.121. The van der Waals surface area contributed by atoms with Gasteiger partial charge in [0, 0.05) is 31.5 Å². The predicted octanol–water partition coefficient (Wildman–Crippen LogP) is 1.89. The molecule has 7 nitrogen and oxygen atoms in total. The molecule has 1 aromatic heterocycles. The minimum atomic E-state index is 0.121. The Morgan fingerprint density at radius 2 is 2.04 bits per heavy atom. The van der Waals surface area contributed by atoms with Gasteiger partial charge in [-0.15, -0.1) is 0 Å². The Balaban J connectivity index is 1.54. The summed E-state index contributed by atoms with van der Waals surface area (Å²) < 4.78 is 10.4. The Kier molecular flexibility index (Phi) is 5.65. The predicted molar refractivity (Wildman–Crippen MR) is 93.3 cm³/mol. The van der Waals surface area contributed by atoms with E-state index in [0.717, 1.165) is 37.2 Å². The molecule has 2 heterocycles. The molecular weight excluding hydrogens is 320 g/mol. The maximum absolute atomic E-state index is 12.4. The normalized spacial score (nSPS) is 15.1. The lowest BCUT2D eigenvalue weighted by Crippen LogP contribution is -2.44. The Hall–Kier alpha value is -2.41. The average Bonchev–Trinajstić information content (AvgIpc) is 3.15. The molecule has 1 fully saturated rings. The number of carbonyl (C=O) groups is 1. The van der Waals surface area contributed by atoms with Crippen molar-refractivity contribution in [2.75, 3.05) is 27.2 Å². The molecule has 0 bridgehead atoms. The highest BCUT2D eigenvalue weighted by atomic mass is 16.5. The summed E-state index contributed by atoms with van der Waals surface area (Å²) in [4.78, 5) is 18.6. The number of aryl methyl sites for hydroxylation is 1. The largest absolute Gasteiger partial charge is 0.497 e. The van der Waals surface area contributed by atoms with Crippen LogP contribution in [-0.4, -0.2) is 54.2 Å². The van der Waals surface area contributed by atoms with Crippen LogP contribution in [0.3, 0.4) is 0 Å². The monoisotopic (exact) mass is 344 g/mol. The van der Waals surface area contributed by atoms with E-state index >= 15 is 0 Å². The van der Waals surface area contributed by atoms with Crippen LogP contribution in [0.2, 0.25) is 0 Å². The second kappa shape index (κ2) is 8.11. The lowest BCUT2D eigenvalue weighted by atomic mass is 10.0. The number of methoxy groups -OCH3 is 1. The fourth-order valence-electron chi connectivity index (χ4n) is 3.00. The number of hydrogen-bond donors (Lipinski definition) is 1. The molecule has 1 aliphatic rings. The fraction of sp³-hybridized carbons (Fsp3) is 0.500. The van der Waals surface area contributed by atoms with Gasteiger partial charge in [-0.25, -0.2) is 0 Å². The first-order valence-electron chi connectivity index (χ1n) is 8.61. The third kappa shape index (κ3) is 4.36. The van der Waals surface area contributed by atoms with Crippen LogP contribution < -0.4 is 10.1 Å². The second-order valence-electron chi connectivity index (χ2n) is 6.23. The highest BCUT2D eigenvalue weighted by Crippen LogP contribution is 2.20. The van der Waals surface area contributed by atoms with E-state index in [2.05, 4.69) is 15.5 Å². The number of ether oxygens (including phenoxy) is 1. The number of amides is 1.